The lowest BCUT2D eigenvalue weighted by atomic mass is 10.1. The van der Waals surface area contributed by atoms with Crippen LogP contribution in [0.4, 0.5) is 0 Å². The first-order chi connectivity index (χ1) is 9.52. The van der Waals surface area contributed by atoms with Crippen molar-refractivity contribution in [3.05, 3.63) is 35.9 Å². The Kier molecular flexibility index (Phi) is 3.09. The van der Waals surface area contributed by atoms with Gasteiger partial charge in [-0.1, -0.05) is 11.3 Å². The van der Waals surface area contributed by atoms with Crippen molar-refractivity contribution in [2.24, 2.45) is 0 Å². The first-order valence-electron chi connectivity index (χ1n) is 5.78. The maximum atomic E-state index is 11.2. The van der Waals surface area contributed by atoms with Crippen LogP contribution in [0.2, 0.25) is 0 Å². The Morgan fingerprint density at radius 3 is 2.80 bits per heavy atom. The van der Waals surface area contributed by atoms with Gasteiger partial charge in [0.25, 0.3) is 0 Å². The zero-order valence-corrected chi connectivity index (χ0v) is 11.1. The number of imidazole rings is 1. The summed E-state index contributed by atoms with van der Waals surface area (Å²) in [5.74, 6) is 0.617. The van der Waals surface area contributed by atoms with E-state index in [1.54, 1.807) is 16.7 Å². The van der Waals surface area contributed by atoms with Crippen molar-refractivity contribution in [2.75, 3.05) is 0 Å². The Hall–Kier alpha value is -2.09. The van der Waals surface area contributed by atoms with Gasteiger partial charge >= 0.3 is 7.60 Å². The normalized spacial score (nSPS) is 12.1. The van der Waals surface area contributed by atoms with Gasteiger partial charge in [-0.3, -0.25) is 4.57 Å². The van der Waals surface area contributed by atoms with E-state index in [2.05, 4.69) is 25.6 Å². The molecule has 0 aliphatic rings. The first kappa shape index (κ1) is 12.9. The maximum absolute atomic E-state index is 11.2. The van der Waals surface area contributed by atoms with Crippen molar-refractivity contribution in [1.82, 2.24) is 30.0 Å². The second-order valence-electron chi connectivity index (χ2n) is 4.27. The van der Waals surface area contributed by atoms with E-state index in [1.807, 2.05) is 6.07 Å². The minimum atomic E-state index is -4.32. The molecule has 0 aliphatic heterocycles. The lowest BCUT2D eigenvalue weighted by molar-refractivity contribution is 0.386. The summed E-state index contributed by atoms with van der Waals surface area (Å²) >= 11 is 0. The van der Waals surface area contributed by atoms with Crippen molar-refractivity contribution < 1.29 is 14.4 Å². The molecule has 0 unspecified atom stereocenters. The number of fused-ring (bicyclic) bond motifs is 1. The molecular formula is C10H11N6O3P. The van der Waals surface area contributed by atoms with Crippen molar-refractivity contribution in [1.29, 1.82) is 0 Å². The van der Waals surface area contributed by atoms with E-state index in [1.165, 1.54) is 6.20 Å². The van der Waals surface area contributed by atoms with Gasteiger partial charge in [-0.2, -0.15) is 5.21 Å². The number of nitrogens with zero attached hydrogens (tertiary/aromatic N) is 5. The molecule has 3 aromatic rings. The van der Waals surface area contributed by atoms with Gasteiger partial charge in [0.1, 0.15) is 5.65 Å². The summed E-state index contributed by atoms with van der Waals surface area (Å²) in [7, 11) is -4.32. The molecule has 0 amide bonds. The zero-order valence-electron chi connectivity index (χ0n) is 10.2. The number of H-pyrrole nitrogens is 1. The molecular weight excluding hydrogens is 283 g/mol. The van der Waals surface area contributed by atoms with Crippen LogP contribution in [0.1, 0.15) is 11.4 Å². The number of hydrogen-bond acceptors (Lipinski definition) is 5. The molecule has 0 spiro atoms. The van der Waals surface area contributed by atoms with Gasteiger partial charge in [-0.15, -0.1) is 10.2 Å². The first-order valence-corrected chi connectivity index (χ1v) is 7.40. The molecule has 0 atom stereocenters. The van der Waals surface area contributed by atoms with Crippen LogP contribution in [0, 0.1) is 0 Å². The van der Waals surface area contributed by atoms with E-state index in [9.17, 15) is 4.57 Å². The van der Waals surface area contributed by atoms with Crippen molar-refractivity contribution in [3.63, 3.8) is 0 Å². The Bertz CT molecular complexity index is 778. The molecule has 3 aromatic heterocycles. The molecule has 0 aromatic carbocycles. The smallest absolute Gasteiger partial charge is 0.320 e. The predicted octanol–water partition coefficient (Wildman–Crippen LogP) is -0.564. The number of pyridine rings is 1. The van der Waals surface area contributed by atoms with E-state index in [0.29, 0.717) is 24.3 Å². The molecule has 104 valence electrons. The number of aromatic amines is 1. The fourth-order valence-corrected chi connectivity index (χ4v) is 2.36. The van der Waals surface area contributed by atoms with Crippen molar-refractivity contribution in [2.45, 2.75) is 12.8 Å². The highest BCUT2D eigenvalue weighted by atomic mass is 31.2. The SMILES string of the molecule is O=P(O)(O)c1cn2cc(CCc3nn[nH]n3)ccc2n1. The molecule has 3 heterocycles. The predicted molar refractivity (Wildman–Crippen MR) is 68.5 cm³/mol. The lowest BCUT2D eigenvalue weighted by Gasteiger charge is -2.00. The highest BCUT2D eigenvalue weighted by Gasteiger charge is 2.21. The van der Waals surface area contributed by atoms with Crippen molar-refractivity contribution in [3.8, 4) is 0 Å². The third-order valence-electron chi connectivity index (χ3n) is 2.82. The minimum Gasteiger partial charge on any atom is -0.320 e. The van der Waals surface area contributed by atoms with E-state index >= 15 is 0 Å². The fourth-order valence-electron chi connectivity index (χ4n) is 1.86. The minimum absolute atomic E-state index is 0.229. The van der Waals surface area contributed by atoms with Gasteiger partial charge in [0, 0.05) is 18.8 Å². The quantitative estimate of drug-likeness (QED) is 0.550. The van der Waals surface area contributed by atoms with Crippen molar-refractivity contribution >= 4 is 18.7 Å². The summed E-state index contributed by atoms with van der Waals surface area (Å²) in [5, 5.41) is 13.6. The van der Waals surface area contributed by atoms with Gasteiger partial charge in [-0.05, 0) is 18.1 Å². The number of nitrogens with one attached hydrogen (secondary N) is 1. The molecule has 0 bridgehead atoms. The second kappa shape index (κ2) is 4.78. The molecule has 9 nitrogen and oxygen atoms in total. The topological polar surface area (TPSA) is 129 Å². The summed E-state index contributed by atoms with van der Waals surface area (Å²) in [6.07, 6.45) is 4.44. The van der Waals surface area contributed by atoms with Crippen LogP contribution in [0.5, 0.6) is 0 Å². The van der Waals surface area contributed by atoms with E-state index in [0.717, 1.165) is 5.56 Å². The fraction of sp³-hybridized carbons (Fsp3) is 0.200. The van der Waals surface area contributed by atoms with E-state index in [-0.39, 0.29) is 5.44 Å². The summed E-state index contributed by atoms with van der Waals surface area (Å²) < 4.78 is 12.8. The standard InChI is InChI=1S/C10H11N6O3P/c17-20(18,19)10-6-16-5-7(2-4-9(16)11-10)1-3-8-12-14-15-13-8/h2,4-6H,1,3H2,(H2,17,18,19)(H,12,13,14,15). The molecule has 3 N–H and O–H groups in total. The van der Waals surface area contributed by atoms with Crippen LogP contribution < -0.4 is 5.44 Å². The second-order valence-corrected chi connectivity index (χ2v) is 5.82. The summed E-state index contributed by atoms with van der Waals surface area (Å²) in [6, 6.07) is 3.57. The largest absolute Gasteiger partial charge is 0.376 e. The molecule has 0 saturated heterocycles. The summed E-state index contributed by atoms with van der Waals surface area (Å²) in [6.45, 7) is 0. The number of rotatable bonds is 4. The van der Waals surface area contributed by atoms with Crippen LogP contribution in [0.15, 0.2) is 24.5 Å². The maximum Gasteiger partial charge on any atom is 0.376 e. The number of tetrazole rings is 1. The molecule has 10 heteroatoms. The molecule has 20 heavy (non-hydrogen) atoms. The van der Waals surface area contributed by atoms with Gasteiger partial charge in [0.2, 0.25) is 0 Å². The Labute approximate surface area is 112 Å². The third-order valence-corrected chi connectivity index (χ3v) is 3.64. The summed E-state index contributed by atoms with van der Waals surface area (Å²) in [4.78, 5) is 22.1. The van der Waals surface area contributed by atoms with Crippen LogP contribution in [-0.4, -0.2) is 39.8 Å². The Morgan fingerprint density at radius 1 is 1.25 bits per heavy atom. The lowest BCUT2D eigenvalue weighted by Crippen LogP contribution is -2.03. The highest BCUT2D eigenvalue weighted by molar-refractivity contribution is 7.60. The average molecular weight is 294 g/mol. The Balaban J connectivity index is 1.85. The van der Waals surface area contributed by atoms with Crippen LogP contribution in [0.3, 0.4) is 0 Å². The summed E-state index contributed by atoms with van der Waals surface area (Å²) in [5.41, 5.74) is 1.25. The van der Waals surface area contributed by atoms with Gasteiger partial charge in [0.05, 0.1) is 0 Å². The van der Waals surface area contributed by atoms with E-state index in [4.69, 9.17) is 9.79 Å². The number of aromatic nitrogens is 6. The van der Waals surface area contributed by atoms with Gasteiger partial charge in [0.15, 0.2) is 11.3 Å². The highest BCUT2D eigenvalue weighted by Crippen LogP contribution is 2.32. The van der Waals surface area contributed by atoms with Gasteiger partial charge < -0.3 is 14.2 Å². The average Bonchev–Trinajstić information content (AvgIpc) is 3.04. The zero-order chi connectivity index (χ0) is 14.2. The molecule has 0 fully saturated rings. The van der Waals surface area contributed by atoms with Crippen LogP contribution >= 0.6 is 7.60 Å². The molecule has 3 rings (SSSR count). The monoisotopic (exact) mass is 294 g/mol. The molecule has 0 aliphatic carbocycles. The molecule has 0 radical (unpaired) electrons. The number of aryl methyl sites for hydroxylation is 2. The van der Waals surface area contributed by atoms with Crippen LogP contribution in [0.25, 0.3) is 5.65 Å². The van der Waals surface area contributed by atoms with Crippen LogP contribution in [-0.2, 0) is 17.4 Å². The molecule has 0 saturated carbocycles. The third kappa shape index (κ3) is 2.60. The number of hydrogen-bond donors (Lipinski definition) is 3. The van der Waals surface area contributed by atoms with E-state index < -0.39 is 7.60 Å². The van der Waals surface area contributed by atoms with Gasteiger partial charge in [-0.25, -0.2) is 4.98 Å². The Morgan fingerprint density at radius 2 is 2.10 bits per heavy atom.